The van der Waals surface area contributed by atoms with Gasteiger partial charge >= 0.3 is 12.2 Å². The van der Waals surface area contributed by atoms with Crippen molar-refractivity contribution in [3.05, 3.63) is 34.2 Å². The van der Waals surface area contributed by atoms with Gasteiger partial charge in [0.15, 0.2) is 0 Å². The molecule has 5 rings (SSSR count). The molecule has 0 spiro atoms. The maximum atomic E-state index is 12.9. The summed E-state index contributed by atoms with van der Waals surface area (Å²) in [5, 5.41) is 11.9. The Hall–Kier alpha value is -2.95. The first-order chi connectivity index (χ1) is 19.2. The lowest BCUT2D eigenvalue weighted by molar-refractivity contribution is -0.0394. The maximum absolute atomic E-state index is 12.9. The molecule has 1 unspecified atom stereocenters. The SMILES string of the molecule is CC(C)(C)OC(=O)Nc1cc(Cl)c(Cl)c2c1c(-c1cnn(C3CCCCO3)c1)c1n2C[C@@H](NC(=O)OC(C)(C)C)C1. The van der Waals surface area contributed by atoms with Gasteiger partial charge in [-0.05, 0) is 66.9 Å². The Bertz CT molecular complexity index is 1480. The molecule has 10 nitrogen and oxygen atoms in total. The van der Waals surface area contributed by atoms with E-state index in [1.807, 2.05) is 31.6 Å². The van der Waals surface area contributed by atoms with E-state index in [9.17, 15) is 9.59 Å². The van der Waals surface area contributed by atoms with E-state index >= 15 is 0 Å². The van der Waals surface area contributed by atoms with Crippen molar-refractivity contribution in [1.82, 2.24) is 19.7 Å². The summed E-state index contributed by atoms with van der Waals surface area (Å²) >= 11 is 13.4. The lowest BCUT2D eigenvalue weighted by atomic mass is 10.0. The van der Waals surface area contributed by atoms with Gasteiger partial charge in [-0.25, -0.2) is 14.3 Å². The average molecular weight is 607 g/mol. The highest BCUT2D eigenvalue weighted by Gasteiger charge is 2.34. The van der Waals surface area contributed by atoms with Gasteiger partial charge in [-0.15, -0.1) is 0 Å². The first kappa shape index (κ1) is 29.5. The molecule has 2 aromatic heterocycles. The normalized spacial score (nSPS) is 19.2. The summed E-state index contributed by atoms with van der Waals surface area (Å²) in [6, 6.07) is 1.40. The Kier molecular flexibility index (Phi) is 7.95. The van der Waals surface area contributed by atoms with Gasteiger partial charge in [-0.2, -0.15) is 5.10 Å². The van der Waals surface area contributed by atoms with Crippen LogP contribution in [0.5, 0.6) is 0 Å². The number of nitrogens with one attached hydrogen (secondary N) is 2. The van der Waals surface area contributed by atoms with Crippen LogP contribution in [-0.2, 0) is 27.2 Å². The van der Waals surface area contributed by atoms with Crippen LogP contribution >= 0.6 is 23.2 Å². The molecule has 222 valence electrons. The van der Waals surface area contributed by atoms with Gasteiger partial charge in [-0.3, -0.25) is 5.32 Å². The Morgan fingerprint density at radius 3 is 2.44 bits per heavy atom. The third-order valence-corrected chi connectivity index (χ3v) is 7.65. The van der Waals surface area contributed by atoms with Gasteiger partial charge in [0.25, 0.3) is 0 Å². The molecule has 4 heterocycles. The van der Waals surface area contributed by atoms with Crippen LogP contribution in [-0.4, -0.2) is 50.4 Å². The Morgan fingerprint density at radius 1 is 1.07 bits per heavy atom. The molecule has 1 fully saturated rings. The van der Waals surface area contributed by atoms with Crippen molar-refractivity contribution in [2.75, 3.05) is 11.9 Å². The molecule has 2 amide bonds. The number of hydrogen-bond acceptors (Lipinski definition) is 6. The second kappa shape index (κ2) is 11.0. The Balaban J connectivity index is 1.60. The fourth-order valence-corrected chi connectivity index (χ4v) is 5.87. The van der Waals surface area contributed by atoms with E-state index in [0.29, 0.717) is 35.8 Å². The molecule has 2 aliphatic heterocycles. The van der Waals surface area contributed by atoms with Crippen LogP contribution in [0, 0.1) is 0 Å². The fourth-order valence-electron chi connectivity index (χ4n) is 5.42. The van der Waals surface area contributed by atoms with E-state index in [1.54, 1.807) is 33.0 Å². The van der Waals surface area contributed by atoms with Crippen LogP contribution in [0.2, 0.25) is 10.0 Å². The number of fused-ring (bicyclic) bond motifs is 3. The summed E-state index contributed by atoms with van der Waals surface area (Å²) in [7, 11) is 0. The first-order valence-corrected chi connectivity index (χ1v) is 14.6. The highest BCUT2D eigenvalue weighted by atomic mass is 35.5. The van der Waals surface area contributed by atoms with Crippen molar-refractivity contribution in [2.24, 2.45) is 0 Å². The lowest BCUT2D eigenvalue weighted by Gasteiger charge is -2.22. The number of alkyl carbamates (subject to hydrolysis) is 1. The summed E-state index contributed by atoms with van der Waals surface area (Å²) in [6.07, 6.45) is 6.01. The fraction of sp³-hybridized carbons (Fsp3) is 0.552. The molecule has 0 aliphatic carbocycles. The summed E-state index contributed by atoms with van der Waals surface area (Å²) in [6.45, 7) is 12.0. The second-order valence-corrected chi connectivity index (χ2v) is 13.4. The molecular formula is C29H37Cl2N5O5. The highest BCUT2D eigenvalue weighted by molar-refractivity contribution is 6.46. The molecular weight excluding hydrogens is 569 g/mol. The molecule has 0 bridgehead atoms. The second-order valence-electron chi connectivity index (χ2n) is 12.6. The van der Waals surface area contributed by atoms with Crippen molar-refractivity contribution < 1.29 is 23.8 Å². The predicted octanol–water partition coefficient (Wildman–Crippen LogP) is 7.31. The summed E-state index contributed by atoms with van der Waals surface area (Å²) in [4.78, 5) is 25.5. The third-order valence-electron chi connectivity index (χ3n) is 6.87. The summed E-state index contributed by atoms with van der Waals surface area (Å²) in [5.74, 6) is 0. The Morgan fingerprint density at radius 2 is 1.78 bits per heavy atom. The molecule has 1 aromatic carbocycles. The number of benzene rings is 1. The lowest BCUT2D eigenvalue weighted by Crippen LogP contribution is -2.39. The average Bonchev–Trinajstić information content (AvgIpc) is 3.54. The van der Waals surface area contributed by atoms with Crippen molar-refractivity contribution in [2.45, 2.75) is 97.2 Å². The standard InChI is InChI=1S/C29H37Cl2N5O5/c1-28(2,3)40-26(37)33-17-11-20-22(16-13-32-36(14-16)21-9-7-8-10-39-21)23-19(34-27(38)41-29(4,5)6)12-18(30)24(31)25(23)35(20)15-17/h12-14,17,21H,7-11,15H2,1-6H3,(H,33,37)(H,34,38)/t17-,21?/m0/s1. The van der Waals surface area contributed by atoms with E-state index in [2.05, 4.69) is 20.3 Å². The Labute approximate surface area is 249 Å². The molecule has 3 aromatic rings. The van der Waals surface area contributed by atoms with E-state index in [-0.39, 0.29) is 17.3 Å². The van der Waals surface area contributed by atoms with Crippen molar-refractivity contribution in [3.63, 3.8) is 0 Å². The van der Waals surface area contributed by atoms with Crippen LogP contribution in [0.3, 0.4) is 0 Å². The van der Waals surface area contributed by atoms with Crippen LogP contribution in [0.15, 0.2) is 18.5 Å². The summed E-state index contributed by atoms with van der Waals surface area (Å²) < 4.78 is 20.9. The minimum absolute atomic E-state index is 0.140. The molecule has 2 aliphatic rings. The molecule has 12 heteroatoms. The number of aromatic nitrogens is 3. The molecule has 2 N–H and O–H groups in total. The number of hydrogen-bond donors (Lipinski definition) is 2. The van der Waals surface area contributed by atoms with Crippen LogP contribution in [0.25, 0.3) is 22.0 Å². The number of nitrogens with zero attached hydrogens (tertiary/aromatic N) is 3. The van der Waals surface area contributed by atoms with Crippen molar-refractivity contribution >= 4 is 52.0 Å². The molecule has 0 radical (unpaired) electrons. The van der Waals surface area contributed by atoms with E-state index in [1.165, 1.54) is 0 Å². The quantitative estimate of drug-likeness (QED) is 0.323. The minimum atomic E-state index is -0.688. The van der Waals surface area contributed by atoms with Crippen LogP contribution in [0.4, 0.5) is 15.3 Å². The van der Waals surface area contributed by atoms with Gasteiger partial charge in [0.1, 0.15) is 17.4 Å². The zero-order chi connectivity index (χ0) is 29.7. The zero-order valence-electron chi connectivity index (χ0n) is 24.3. The molecule has 1 saturated heterocycles. The number of anilines is 1. The van der Waals surface area contributed by atoms with Gasteiger partial charge in [0, 0.05) is 48.0 Å². The van der Waals surface area contributed by atoms with Crippen molar-refractivity contribution in [1.29, 1.82) is 0 Å². The zero-order valence-corrected chi connectivity index (χ0v) is 25.8. The van der Waals surface area contributed by atoms with Gasteiger partial charge < -0.3 is 24.1 Å². The topological polar surface area (TPSA) is 109 Å². The molecule has 2 atom stereocenters. The van der Waals surface area contributed by atoms with E-state index < -0.39 is 23.4 Å². The minimum Gasteiger partial charge on any atom is -0.444 e. The third kappa shape index (κ3) is 6.44. The highest BCUT2D eigenvalue weighted by Crippen LogP contribution is 2.47. The number of halogens is 2. The first-order valence-electron chi connectivity index (χ1n) is 13.9. The largest absolute Gasteiger partial charge is 0.444 e. The van der Waals surface area contributed by atoms with Crippen LogP contribution < -0.4 is 10.6 Å². The van der Waals surface area contributed by atoms with Crippen LogP contribution in [0.1, 0.15) is 72.7 Å². The number of amides is 2. The van der Waals surface area contributed by atoms with Gasteiger partial charge in [0.05, 0.1) is 33.5 Å². The maximum Gasteiger partial charge on any atom is 0.412 e. The number of carbonyl (C=O) groups is 2. The predicted molar refractivity (Wildman–Crippen MR) is 159 cm³/mol. The molecule has 0 saturated carbocycles. The van der Waals surface area contributed by atoms with E-state index in [0.717, 1.165) is 41.5 Å². The summed E-state index contributed by atoms with van der Waals surface area (Å²) in [5.41, 5.74) is 2.43. The van der Waals surface area contributed by atoms with Gasteiger partial charge in [-0.1, -0.05) is 23.2 Å². The number of carbonyl (C=O) groups excluding carboxylic acids is 2. The number of rotatable bonds is 4. The number of ether oxygens (including phenoxy) is 3. The van der Waals surface area contributed by atoms with Gasteiger partial charge in [0.2, 0.25) is 0 Å². The van der Waals surface area contributed by atoms with E-state index in [4.69, 9.17) is 37.4 Å². The van der Waals surface area contributed by atoms with Crippen molar-refractivity contribution in [3.8, 4) is 11.1 Å². The molecule has 41 heavy (non-hydrogen) atoms. The monoisotopic (exact) mass is 605 g/mol. The smallest absolute Gasteiger partial charge is 0.412 e.